The van der Waals surface area contributed by atoms with Gasteiger partial charge in [-0.25, -0.2) is 4.99 Å². The molecule has 1 atom stereocenters. The number of carbonyl (C=O) groups is 2. The molecule has 206 valence electrons. The molecule has 3 heterocycles. The van der Waals surface area contributed by atoms with E-state index in [2.05, 4.69) is 91.4 Å². The average Bonchev–Trinajstić information content (AvgIpc) is 3.26. The van der Waals surface area contributed by atoms with Crippen LogP contribution in [0.15, 0.2) is 65.7 Å². The molecule has 8 heteroatoms. The van der Waals surface area contributed by atoms with Gasteiger partial charge in [-0.2, -0.15) is 0 Å². The number of rotatable bonds is 6. The van der Waals surface area contributed by atoms with Gasteiger partial charge in [0.15, 0.2) is 0 Å². The molecule has 2 aliphatic rings. The highest BCUT2D eigenvalue weighted by Gasteiger charge is 2.30. The van der Waals surface area contributed by atoms with E-state index in [9.17, 15) is 9.59 Å². The van der Waals surface area contributed by atoms with Gasteiger partial charge in [0.1, 0.15) is 5.84 Å². The maximum Gasteiger partial charge on any atom is 0.303 e. The van der Waals surface area contributed by atoms with Gasteiger partial charge in [0.25, 0.3) is 0 Å². The number of aliphatic carboxylic acids is 2. The first-order chi connectivity index (χ1) is 18.7. The normalized spacial score (nSPS) is 16.9. The number of para-hydroxylation sites is 1. The Bertz CT molecular complexity index is 1300. The van der Waals surface area contributed by atoms with E-state index in [0.29, 0.717) is 12.0 Å². The zero-order valence-electron chi connectivity index (χ0n) is 22.8. The second-order valence-electron chi connectivity index (χ2n) is 10.4. The lowest BCUT2D eigenvalue weighted by atomic mass is 10.0. The number of hydrogen-bond acceptors (Lipinski definition) is 6. The molecule has 0 aliphatic carbocycles. The number of fused-ring (bicyclic) bond motifs is 2. The molecule has 0 unspecified atom stereocenters. The molecule has 0 saturated carbocycles. The van der Waals surface area contributed by atoms with Gasteiger partial charge in [0, 0.05) is 47.4 Å². The molecular formula is C31H37N3O4S. The van der Waals surface area contributed by atoms with Crippen LogP contribution < -0.4 is 0 Å². The van der Waals surface area contributed by atoms with Crippen molar-refractivity contribution in [3.05, 3.63) is 87.1 Å². The third kappa shape index (κ3) is 7.55. The minimum atomic E-state index is -1.08. The van der Waals surface area contributed by atoms with Gasteiger partial charge in [-0.3, -0.25) is 14.5 Å². The summed E-state index contributed by atoms with van der Waals surface area (Å²) < 4.78 is 0. The molecule has 1 saturated heterocycles. The van der Waals surface area contributed by atoms with E-state index in [1.54, 1.807) is 0 Å². The van der Waals surface area contributed by atoms with Crippen molar-refractivity contribution in [2.75, 3.05) is 26.7 Å². The number of thiophene rings is 1. The van der Waals surface area contributed by atoms with Gasteiger partial charge in [-0.05, 0) is 42.6 Å². The highest BCUT2D eigenvalue weighted by molar-refractivity contribution is 7.12. The number of carboxylic acids is 2. The number of benzene rings is 2. The standard InChI is InChI=1S/C27H31N3S.C4H6O4/c1-19(2)25-17-23-26(31-25)16-21-11-7-8-12-24(21)28-27(23)30-14-13-29(3)22(18-30)15-20-9-5-4-6-10-20;5-3(6)1-2-4(7)8/h4-12,17,19,22H,13-16,18H2,1-3H3;1-2H2,(H,5,6)(H,7,8)/t22-;/m0./s1. The SMILES string of the molecule is CC(C)c1cc2c(s1)Cc1ccccc1N=C2N1CCN(C)[C@@H](Cc2ccccc2)C1.O=C(O)CCC(=O)O. The number of likely N-dealkylation sites (N-methyl/N-ethyl adjacent to an activating group) is 1. The summed E-state index contributed by atoms with van der Waals surface area (Å²) in [7, 11) is 2.27. The first-order valence-corrected chi connectivity index (χ1v) is 14.2. The van der Waals surface area contributed by atoms with E-state index < -0.39 is 11.9 Å². The Hall–Kier alpha value is -3.49. The van der Waals surface area contributed by atoms with Crippen molar-refractivity contribution in [3.8, 4) is 0 Å². The minimum absolute atomic E-state index is 0.296. The smallest absolute Gasteiger partial charge is 0.303 e. The largest absolute Gasteiger partial charge is 0.481 e. The summed E-state index contributed by atoms with van der Waals surface area (Å²) >= 11 is 1.97. The minimum Gasteiger partial charge on any atom is -0.481 e. The number of carboxylic acid groups (broad SMARTS) is 2. The summed E-state index contributed by atoms with van der Waals surface area (Å²) in [6.07, 6.45) is 1.47. The van der Waals surface area contributed by atoms with Crippen molar-refractivity contribution in [1.29, 1.82) is 0 Å². The molecule has 0 radical (unpaired) electrons. The van der Waals surface area contributed by atoms with Crippen LogP contribution in [0.4, 0.5) is 5.69 Å². The second kappa shape index (κ2) is 13.0. The van der Waals surface area contributed by atoms with Gasteiger partial charge in [-0.15, -0.1) is 11.3 Å². The molecule has 2 aromatic carbocycles. The van der Waals surface area contributed by atoms with E-state index in [1.807, 2.05) is 11.3 Å². The van der Waals surface area contributed by atoms with Gasteiger partial charge in [-0.1, -0.05) is 62.4 Å². The van der Waals surface area contributed by atoms with Gasteiger partial charge in [0.2, 0.25) is 0 Å². The molecule has 7 nitrogen and oxygen atoms in total. The van der Waals surface area contributed by atoms with Crippen LogP contribution in [0.5, 0.6) is 0 Å². The number of nitrogens with zero attached hydrogens (tertiary/aromatic N) is 3. The molecule has 2 N–H and O–H groups in total. The van der Waals surface area contributed by atoms with Crippen LogP contribution >= 0.6 is 11.3 Å². The zero-order chi connectivity index (χ0) is 27.9. The van der Waals surface area contributed by atoms with Crippen molar-refractivity contribution in [2.24, 2.45) is 4.99 Å². The van der Waals surface area contributed by atoms with E-state index in [1.165, 1.54) is 32.3 Å². The first kappa shape index (κ1) is 28.5. The van der Waals surface area contributed by atoms with Crippen LogP contribution in [-0.2, 0) is 22.4 Å². The maximum atomic E-state index is 9.64. The summed E-state index contributed by atoms with van der Waals surface area (Å²) in [6, 6.07) is 22.5. The van der Waals surface area contributed by atoms with Gasteiger partial charge >= 0.3 is 11.9 Å². The fraction of sp³-hybridized carbons (Fsp3) is 0.387. The quantitative estimate of drug-likeness (QED) is 0.414. The monoisotopic (exact) mass is 547 g/mol. The Labute approximate surface area is 234 Å². The Morgan fingerprint density at radius 1 is 1.00 bits per heavy atom. The Balaban J connectivity index is 0.000000386. The van der Waals surface area contributed by atoms with Crippen LogP contribution in [0, 0.1) is 0 Å². The molecule has 2 aliphatic heterocycles. The fourth-order valence-electron chi connectivity index (χ4n) is 4.87. The highest BCUT2D eigenvalue weighted by Crippen LogP contribution is 2.37. The van der Waals surface area contributed by atoms with Crippen LogP contribution in [-0.4, -0.2) is 70.5 Å². The highest BCUT2D eigenvalue weighted by atomic mass is 32.1. The molecule has 0 spiro atoms. The summed E-state index contributed by atoms with van der Waals surface area (Å²) in [5.74, 6) is -0.430. The summed E-state index contributed by atoms with van der Waals surface area (Å²) in [6.45, 7) is 7.69. The third-order valence-corrected chi connectivity index (χ3v) is 8.59. The summed E-state index contributed by atoms with van der Waals surface area (Å²) in [5, 5.41) is 15.8. The van der Waals surface area contributed by atoms with Crippen molar-refractivity contribution in [2.45, 2.75) is 51.5 Å². The first-order valence-electron chi connectivity index (χ1n) is 13.4. The average molecular weight is 548 g/mol. The Kier molecular flexibility index (Phi) is 9.54. The van der Waals surface area contributed by atoms with E-state index in [0.717, 1.165) is 38.2 Å². The van der Waals surface area contributed by atoms with Gasteiger partial charge < -0.3 is 15.1 Å². The van der Waals surface area contributed by atoms with E-state index >= 15 is 0 Å². The number of piperazine rings is 1. The lowest BCUT2D eigenvalue weighted by Gasteiger charge is -2.41. The topological polar surface area (TPSA) is 93.4 Å². The third-order valence-electron chi connectivity index (χ3n) is 7.15. The summed E-state index contributed by atoms with van der Waals surface area (Å²) in [4.78, 5) is 32.5. The molecule has 3 aromatic rings. The fourth-order valence-corrected chi connectivity index (χ4v) is 6.06. The number of hydrogen-bond donors (Lipinski definition) is 2. The Morgan fingerprint density at radius 2 is 1.67 bits per heavy atom. The zero-order valence-corrected chi connectivity index (χ0v) is 23.7. The molecule has 0 bridgehead atoms. The van der Waals surface area contributed by atoms with Crippen LogP contribution in [0.3, 0.4) is 0 Å². The maximum absolute atomic E-state index is 9.64. The molecule has 39 heavy (non-hydrogen) atoms. The van der Waals surface area contributed by atoms with Gasteiger partial charge in [0.05, 0.1) is 18.5 Å². The number of aliphatic imine (C=N–C) groups is 1. The second-order valence-corrected chi connectivity index (χ2v) is 11.6. The van der Waals surface area contributed by atoms with Crippen LogP contribution in [0.2, 0.25) is 0 Å². The van der Waals surface area contributed by atoms with Crippen LogP contribution in [0.25, 0.3) is 0 Å². The lowest BCUT2D eigenvalue weighted by Crippen LogP contribution is -2.54. The van der Waals surface area contributed by atoms with E-state index in [-0.39, 0.29) is 12.8 Å². The van der Waals surface area contributed by atoms with E-state index in [4.69, 9.17) is 15.2 Å². The predicted molar refractivity (Wildman–Crippen MR) is 156 cm³/mol. The van der Waals surface area contributed by atoms with Crippen LogP contribution in [0.1, 0.15) is 59.1 Å². The van der Waals surface area contributed by atoms with Crippen molar-refractivity contribution < 1.29 is 19.8 Å². The molecular weight excluding hydrogens is 510 g/mol. The van der Waals surface area contributed by atoms with Crippen molar-refractivity contribution in [1.82, 2.24) is 9.80 Å². The van der Waals surface area contributed by atoms with Crippen molar-refractivity contribution in [3.63, 3.8) is 0 Å². The molecule has 0 amide bonds. The molecule has 5 rings (SSSR count). The van der Waals surface area contributed by atoms with Crippen molar-refractivity contribution >= 4 is 34.8 Å². The Morgan fingerprint density at radius 3 is 2.33 bits per heavy atom. The molecule has 1 aromatic heterocycles. The summed E-state index contributed by atoms with van der Waals surface area (Å²) in [5.41, 5.74) is 5.23. The molecule has 1 fully saturated rings. The predicted octanol–water partition coefficient (Wildman–Crippen LogP) is 5.65. The number of amidine groups is 1. The lowest BCUT2D eigenvalue weighted by molar-refractivity contribution is -0.143.